The summed E-state index contributed by atoms with van der Waals surface area (Å²) in [5, 5.41) is 3.34. The van der Waals surface area contributed by atoms with E-state index in [-0.39, 0.29) is 6.04 Å². The van der Waals surface area contributed by atoms with Crippen LogP contribution in [0.3, 0.4) is 0 Å². The van der Waals surface area contributed by atoms with Crippen LogP contribution >= 0.6 is 11.3 Å². The largest absolute Gasteiger partial charge is 0.347 e. The lowest BCUT2D eigenvalue weighted by Gasteiger charge is -2.25. The quantitative estimate of drug-likeness (QED) is 0.596. The number of fused-ring (bicyclic) bond motifs is 1. The van der Waals surface area contributed by atoms with Crippen LogP contribution in [0.2, 0.25) is 0 Å². The van der Waals surface area contributed by atoms with Gasteiger partial charge < -0.3 is 9.88 Å². The van der Waals surface area contributed by atoms with Crippen LogP contribution in [0.5, 0.6) is 0 Å². The summed E-state index contributed by atoms with van der Waals surface area (Å²) in [7, 11) is 0. The third kappa shape index (κ3) is 2.41. The van der Waals surface area contributed by atoms with Gasteiger partial charge in [-0.25, -0.2) is 15.0 Å². The Labute approximate surface area is 149 Å². The zero-order chi connectivity index (χ0) is 16.6. The average molecular weight is 347 g/mol. The third-order valence-electron chi connectivity index (χ3n) is 4.79. The van der Waals surface area contributed by atoms with Gasteiger partial charge in [-0.15, -0.1) is 11.3 Å². The summed E-state index contributed by atoms with van der Waals surface area (Å²) in [6.07, 6.45) is 7.62. The number of aromatic nitrogens is 4. The highest BCUT2D eigenvalue weighted by molar-refractivity contribution is 7.17. The second kappa shape index (κ2) is 5.97. The molecule has 0 spiro atoms. The van der Waals surface area contributed by atoms with Gasteiger partial charge in [0.25, 0.3) is 0 Å². The van der Waals surface area contributed by atoms with E-state index in [0.29, 0.717) is 0 Å². The lowest BCUT2D eigenvalue weighted by molar-refractivity contribution is 0.671. The van der Waals surface area contributed by atoms with Crippen LogP contribution in [-0.4, -0.2) is 26.5 Å². The van der Waals surface area contributed by atoms with Crippen LogP contribution < -0.4 is 4.90 Å². The second-order valence-electron chi connectivity index (χ2n) is 6.22. The normalized spacial score (nSPS) is 17.4. The van der Waals surface area contributed by atoms with Gasteiger partial charge in [-0.05, 0) is 18.4 Å². The average Bonchev–Trinajstić information content (AvgIpc) is 3.40. The molecule has 4 aromatic rings. The van der Waals surface area contributed by atoms with Crippen LogP contribution in [0.1, 0.15) is 24.7 Å². The first-order chi connectivity index (χ1) is 12.4. The molecule has 0 amide bonds. The predicted octanol–water partition coefficient (Wildman–Crippen LogP) is 4.42. The van der Waals surface area contributed by atoms with E-state index in [1.165, 1.54) is 11.1 Å². The van der Waals surface area contributed by atoms with Crippen molar-refractivity contribution in [3.8, 4) is 11.1 Å². The lowest BCUT2D eigenvalue weighted by atomic mass is 10.1. The summed E-state index contributed by atoms with van der Waals surface area (Å²) in [5.41, 5.74) is 2.42. The monoisotopic (exact) mass is 347 g/mol. The van der Waals surface area contributed by atoms with E-state index in [9.17, 15) is 0 Å². The van der Waals surface area contributed by atoms with Gasteiger partial charge in [0.05, 0.1) is 11.4 Å². The molecule has 1 fully saturated rings. The van der Waals surface area contributed by atoms with E-state index in [4.69, 9.17) is 0 Å². The van der Waals surface area contributed by atoms with E-state index < -0.39 is 0 Å². The van der Waals surface area contributed by atoms with Crippen molar-refractivity contribution in [2.24, 2.45) is 0 Å². The summed E-state index contributed by atoms with van der Waals surface area (Å²) >= 11 is 1.68. The molecule has 4 heterocycles. The van der Waals surface area contributed by atoms with Crippen LogP contribution in [0, 0.1) is 0 Å². The number of anilines is 1. The minimum Gasteiger partial charge on any atom is -0.347 e. The molecule has 1 aliphatic heterocycles. The number of hydrogen-bond donors (Lipinski definition) is 1. The van der Waals surface area contributed by atoms with Crippen LogP contribution in [0.25, 0.3) is 21.3 Å². The fraction of sp³-hybridized carbons (Fsp3) is 0.211. The molecule has 1 N–H and O–H groups in total. The van der Waals surface area contributed by atoms with Gasteiger partial charge >= 0.3 is 0 Å². The molecule has 124 valence electrons. The van der Waals surface area contributed by atoms with E-state index in [2.05, 4.69) is 54.5 Å². The Kier molecular flexibility index (Phi) is 3.48. The van der Waals surface area contributed by atoms with E-state index in [0.717, 1.165) is 41.2 Å². The molecule has 5 rings (SSSR count). The lowest BCUT2D eigenvalue weighted by Crippen LogP contribution is -2.24. The number of thiophene rings is 1. The van der Waals surface area contributed by atoms with Gasteiger partial charge in [-0.1, -0.05) is 30.3 Å². The Morgan fingerprint density at radius 1 is 1.12 bits per heavy atom. The Morgan fingerprint density at radius 3 is 2.88 bits per heavy atom. The second-order valence-corrected chi connectivity index (χ2v) is 7.08. The van der Waals surface area contributed by atoms with Crippen molar-refractivity contribution in [2.45, 2.75) is 18.9 Å². The highest BCUT2D eigenvalue weighted by Crippen LogP contribution is 2.42. The molecule has 5 nitrogen and oxygen atoms in total. The molecule has 1 aliphatic rings. The predicted molar refractivity (Wildman–Crippen MR) is 101 cm³/mol. The maximum absolute atomic E-state index is 4.69. The van der Waals surface area contributed by atoms with Crippen molar-refractivity contribution in [2.75, 3.05) is 11.4 Å². The molecule has 25 heavy (non-hydrogen) atoms. The number of aromatic amines is 1. The molecule has 0 radical (unpaired) electrons. The van der Waals surface area contributed by atoms with Gasteiger partial charge in [-0.2, -0.15) is 0 Å². The summed E-state index contributed by atoms with van der Waals surface area (Å²) in [5.74, 6) is 2.03. The zero-order valence-corrected chi connectivity index (χ0v) is 14.4. The van der Waals surface area contributed by atoms with Crippen molar-refractivity contribution < 1.29 is 0 Å². The van der Waals surface area contributed by atoms with Crippen molar-refractivity contribution >= 4 is 27.4 Å². The molecule has 1 atom stereocenters. The number of nitrogens with one attached hydrogen (secondary N) is 1. The molecular formula is C19H17N5S. The molecule has 0 saturated carbocycles. The van der Waals surface area contributed by atoms with Crippen LogP contribution in [0.4, 0.5) is 5.82 Å². The maximum Gasteiger partial charge on any atom is 0.142 e. The van der Waals surface area contributed by atoms with Crippen molar-refractivity contribution in [3.05, 3.63) is 60.3 Å². The molecule has 0 bridgehead atoms. The van der Waals surface area contributed by atoms with Crippen molar-refractivity contribution in [1.82, 2.24) is 19.9 Å². The number of hydrogen-bond acceptors (Lipinski definition) is 5. The Hall–Kier alpha value is -2.73. The summed E-state index contributed by atoms with van der Waals surface area (Å²) in [6, 6.07) is 10.7. The van der Waals surface area contributed by atoms with Gasteiger partial charge in [0.1, 0.15) is 22.8 Å². The van der Waals surface area contributed by atoms with Crippen LogP contribution in [-0.2, 0) is 0 Å². The minimum atomic E-state index is 0.247. The smallest absolute Gasteiger partial charge is 0.142 e. The highest BCUT2D eigenvalue weighted by Gasteiger charge is 2.31. The molecule has 0 aliphatic carbocycles. The van der Waals surface area contributed by atoms with Crippen molar-refractivity contribution in [3.63, 3.8) is 0 Å². The van der Waals surface area contributed by atoms with E-state index in [1.807, 2.05) is 18.5 Å². The zero-order valence-electron chi connectivity index (χ0n) is 13.6. The highest BCUT2D eigenvalue weighted by atomic mass is 32.1. The molecule has 3 aromatic heterocycles. The molecule has 0 unspecified atom stereocenters. The SMILES string of the molecule is c1ccc(-c2csc3ncnc(N4CCC[C@H]4c4ncc[nH]4)c23)cc1. The van der Waals surface area contributed by atoms with Gasteiger partial charge in [0.2, 0.25) is 0 Å². The fourth-order valence-electron chi connectivity index (χ4n) is 3.67. The first kappa shape index (κ1) is 14.6. The van der Waals surface area contributed by atoms with E-state index in [1.54, 1.807) is 17.7 Å². The third-order valence-corrected chi connectivity index (χ3v) is 5.68. The number of benzene rings is 1. The maximum atomic E-state index is 4.69. The number of rotatable bonds is 3. The Balaban J connectivity index is 1.68. The first-order valence-corrected chi connectivity index (χ1v) is 9.33. The number of H-pyrrole nitrogens is 1. The summed E-state index contributed by atoms with van der Waals surface area (Å²) in [4.78, 5) is 20.4. The van der Waals surface area contributed by atoms with Gasteiger partial charge in [-0.3, -0.25) is 0 Å². The van der Waals surface area contributed by atoms with E-state index >= 15 is 0 Å². The standard InChI is InChI=1S/C19H17N5S/c1-2-5-13(6-3-1)14-11-25-19-16(14)18(22-12-23-19)24-10-4-7-15(24)17-20-8-9-21-17/h1-3,5-6,8-9,11-12,15H,4,7,10H2,(H,20,21)/t15-/m0/s1. The minimum absolute atomic E-state index is 0.247. The topological polar surface area (TPSA) is 57.7 Å². The molecule has 1 aromatic carbocycles. The molecule has 6 heteroatoms. The van der Waals surface area contributed by atoms with Gasteiger partial charge in [0, 0.05) is 29.9 Å². The Morgan fingerprint density at radius 2 is 2.04 bits per heavy atom. The van der Waals surface area contributed by atoms with Crippen LogP contribution in [0.15, 0.2) is 54.4 Å². The van der Waals surface area contributed by atoms with Gasteiger partial charge in [0.15, 0.2) is 0 Å². The van der Waals surface area contributed by atoms with Crippen molar-refractivity contribution in [1.29, 1.82) is 0 Å². The summed E-state index contributed by atoms with van der Waals surface area (Å²) in [6.45, 7) is 0.988. The molecular weight excluding hydrogens is 330 g/mol. The summed E-state index contributed by atoms with van der Waals surface area (Å²) < 4.78 is 0. The number of imidazole rings is 1. The molecule has 1 saturated heterocycles. The first-order valence-electron chi connectivity index (χ1n) is 8.45. The number of nitrogens with zero attached hydrogens (tertiary/aromatic N) is 4. The Bertz CT molecular complexity index is 993. The fourth-order valence-corrected chi connectivity index (χ4v) is 4.58.